The number of ether oxygens (including phenoxy) is 1. The van der Waals surface area contributed by atoms with Crippen LogP contribution in [-0.2, 0) is 15.1 Å². The van der Waals surface area contributed by atoms with Crippen LogP contribution in [0.25, 0.3) is 0 Å². The Kier molecular flexibility index (Phi) is 15.7. The molecular weight excluding hydrogens is 276 g/mol. The summed E-state index contributed by atoms with van der Waals surface area (Å²) in [6.45, 7) is 2.95. The van der Waals surface area contributed by atoms with Gasteiger partial charge in [-0.1, -0.05) is 39.0 Å². The largest absolute Gasteiger partial charge is 0.394 e. The van der Waals surface area contributed by atoms with Crippen molar-refractivity contribution in [1.82, 2.24) is 0 Å². The SMILES string of the molecule is CCCCCCCCOCC(O)CO.O=S(=O)(O)O. The quantitative estimate of drug-likeness (QED) is 0.351. The van der Waals surface area contributed by atoms with Crippen molar-refractivity contribution in [2.24, 2.45) is 0 Å². The molecule has 0 aromatic carbocycles. The van der Waals surface area contributed by atoms with Crippen LogP contribution < -0.4 is 0 Å². The average Bonchev–Trinajstić information content (AvgIpc) is 2.30. The Labute approximate surface area is 115 Å². The lowest BCUT2D eigenvalue weighted by Crippen LogP contribution is -2.19. The summed E-state index contributed by atoms with van der Waals surface area (Å²) in [6, 6.07) is 0. The van der Waals surface area contributed by atoms with Crippen LogP contribution in [0.5, 0.6) is 0 Å². The summed E-state index contributed by atoms with van der Waals surface area (Å²) < 4.78 is 36.8. The van der Waals surface area contributed by atoms with Gasteiger partial charge in [0.15, 0.2) is 0 Å². The molecule has 118 valence electrons. The number of aliphatic hydroxyl groups is 2. The van der Waals surface area contributed by atoms with E-state index in [1.54, 1.807) is 0 Å². The first-order chi connectivity index (χ1) is 8.81. The Morgan fingerprint density at radius 2 is 1.53 bits per heavy atom. The van der Waals surface area contributed by atoms with E-state index in [1.165, 1.54) is 32.1 Å². The van der Waals surface area contributed by atoms with E-state index < -0.39 is 16.5 Å². The van der Waals surface area contributed by atoms with E-state index >= 15 is 0 Å². The van der Waals surface area contributed by atoms with E-state index in [1.807, 2.05) is 0 Å². The van der Waals surface area contributed by atoms with Gasteiger partial charge < -0.3 is 14.9 Å². The fourth-order valence-corrected chi connectivity index (χ4v) is 1.26. The first-order valence-corrected chi connectivity index (χ1v) is 7.77. The smallest absolute Gasteiger partial charge is 0.394 e. The highest BCUT2D eigenvalue weighted by Gasteiger charge is 2.00. The Morgan fingerprint density at radius 3 is 2.00 bits per heavy atom. The van der Waals surface area contributed by atoms with Crippen LogP contribution in [0.2, 0.25) is 0 Å². The van der Waals surface area contributed by atoms with Gasteiger partial charge in [-0.3, -0.25) is 9.11 Å². The van der Waals surface area contributed by atoms with Gasteiger partial charge in [0.25, 0.3) is 0 Å². The molecule has 7 nitrogen and oxygen atoms in total. The van der Waals surface area contributed by atoms with Crippen molar-refractivity contribution in [3.63, 3.8) is 0 Å². The fraction of sp³-hybridized carbons (Fsp3) is 1.00. The standard InChI is InChI=1S/C11H24O3.H2O4S/c1-2-3-4-5-6-7-8-14-10-11(13)9-12;1-5(2,3)4/h11-13H,2-10H2,1H3;(H2,1,2,3,4). The second-order valence-corrected chi connectivity index (χ2v) is 5.02. The molecule has 0 bridgehead atoms. The molecule has 0 saturated carbocycles. The van der Waals surface area contributed by atoms with E-state index in [0.717, 1.165) is 6.42 Å². The normalized spacial score (nSPS) is 12.7. The lowest BCUT2D eigenvalue weighted by molar-refractivity contribution is 0.00526. The molecule has 0 heterocycles. The second-order valence-electron chi connectivity index (χ2n) is 4.13. The predicted molar refractivity (Wildman–Crippen MR) is 71.5 cm³/mol. The van der Waals surface area contributed by atoms with E-state index in [-0.39, 0.29) is 13.2 Å². The lowest BCUT2D eigenvalue weighted by Gasteiger charge is -2.07. The highest BCUT2D eigenvalue weighted by molar-refractivity contribution is 7.79. The number of rotatable bonds is 10. The topological polar surface area (TPSA) is 124 Å². The Bertz CT molecular complexity index is 258. The first kappa shape index (κ1) is 21.1. The summed E-state index contributed by atoms with van der Waals surface area (Å²) in [4.78, 5) is 0. The molecule has 0 radical (unpaired) electrons. The molecular formula is C11H26O7S. The van der Waals surface area contributed by atoms with Gasteiger partial charge in [0.2, 0.25) is 0 Å². The summed E-state index contributed by atoms with van der Waals surface area (Å²) in [6.07, 6.45) is 6.74. The van der Waals surface area contributed by atoms with Gasteiger partial charge in [0, 0.05) is 6.61 Å². The molecule has 8 heteroatoms. The zero-order chi connectivity index (χ0) is 15.1. The van der Waals surface area contributed by atoms with Crippen LogP contribution in [0.1, 0.15) is 45.4 Å². The van der Waals surface area contributed by atoms with Gasteiger partial charge in [0.05, 0.1) is 13.2 Å². The molecule has 0 aliphatic carbocycles. The summed E-state index contributed by atoms with van der Waals surface area (Å²) in [5.74, 6) is 0. The molecule has 0 aliphatic heterocycles. The fourth-order valence-electron chi connectivity index (χ4n) is 1.26. The van der Waals surface area contributed by atoms with Crippen molar-refractivity contribution in [2.75, 3.05) is 19.8 Å². The minimum absolute atomic E-state index is 0.212. The summed E-state index contributed by atoms with van der Waals surface area (Å²) in [5.41, 5.74) is 0. The van der Waals surface area contributed by atoms with Crippen LogP contribution >= 0.6 is 0 Å². The minimum atomic E-state index is -4.67. The maximum absolute atomic E-state index is 8.96. The molecule has 0 saturated heterocycles. The van der Waals surface area contributed by atoms with Crippen molar-refractivity contribution in [3.8, 4) is 0 Å². The van der Waals surface area contributed by atoms with Gasteiger partial charge in [-0.15, -0.1) is 0 Å². The maximum atomic E-state index is 8.96. The highest BCUT2D eigenvalue weighted by atomic mass is 32.3. The predicted octanol–water partition coefficient (Wildman–Crippen LogP) is 1.06. The van der Waals surface area contributed by atoms with Crippen LogP contribution in [0.3, 0.4) is 0 Å². The Morgan fingerprint density at radius 1 is 1.05 bits per heavy atom. The highest BCUT2D eigenvalue weighted by Crippen LogP contribution is 2.04. The van der Waals surface area contributed by atoms with Crippen molar-refractivity contribution in [1.29, 1.82) is 0 Å². The molecule has 0 aromatic heterocycles. The average molecular weight is 302 g/mol. The van der Waals surface area contributed by atoms with Crippen molar-refractivity contribution >= 4 is 10.4 Å². The molecule has 19 heavy (non-hydrogen) atoms. The van der Waals surface area contributed by atoms with E-state index in [2.05, 4.69) is 6.92 Å². The summed E-state index contributed by atoms with van der Waals surface area (Å²) in [7, 11) is -4.67. The molecule has 0 aliphatic rings. The van der Waals surface area contributed by atoms with Crippen LogP contribution in [-0.4, -0.2) is 53.7 Å². The minimum Gasteiger partial charge on any atom is -0.394 e. The first-order valence-electron chi connectivity index (χ1n) is 6.37. The molecule has 0 aromatic rings. The second kappa shape index (κ2) is 14.2. The summed E-state index contributed by atoms with van der Waals surface area (Å²) in [5, 5.41) is 17.5. The Balaban J connectivity index is 0. The molecule has 0 spiro atoms. The number of hydrogen-bond acceptors (Lipinski definition) is 5. The van der Waals surface area contributed by atoms with E-state index in [9.17, 15) is 0 Å². The third kappa shape index (κ3) is 31.9. The third-order valence-electron chi connectivity index (χ3n) is 2.16. The number of unbranched alkanes of at least 4 members (excludes halogenated alkanes) is 5. The van der Waals surface area contributed by atoms with Crippen LogP contribution in [0, 0.1) is 0 Å². The summed E-state index contributed by atoms with van der Waals surface area (Å²) >= 11 is 0. The van der Waals surface area contributed by atoms with E-state index in [4.69, 9.17) is 32.5 Å². The lowest BCUT2D eigenvalue weighted by atomic mass is 10.1. The van der Waals surface area contributed by atoms with Gasteiger partial charge in [0.1, 0.15) is 6.10 Å². The third-order valence-corrected chi connectivity index (χ3v) is 2.16. The van der Waals surface area contributed by atoms with Crippen molar-refractivity contribution in [3.05, 3.63) is 0 Å². The molecule has 0 amide bonds. The molecule has 0 rings (SSSR count). The van der Waals surface area contributed by atoms with Crippen molar-refractivity contribution < 1.29 is 32.5 Å². The molecule has 1 unspecified atom stereocenters. The maximum Gasteiger partial charge on any atom is 0.394 e. The molecule has 0 fully saturated rings. The van der Waals surface area contributed by atoms with Crippen LogP contribution in [0.15, 0.2) is 0 Å². The van der Waals surface area contributed by atoms with Gasteiger partial charge in [-0.25, -0.2) is 0 Å². The zero-order valence-electron chi connectivity index (χ0n) is 11.4. The van der Waals surface area contributed by atoms with Gasteiger partial charge in [-0.2, -0.15) is 8.42 Å². The zero-order valence-corrected chi connectivity index (χ0v) is 12.2. The number of hydrogen-bond donors (Lipinski definition) is 4. The van der Waals surface area contributed by atoms with Gasteiger partial charge >= 0.3 is 10.4 Å². The molecule has 4 N–H and O–H groups in total. The Hall–Kier alpha value is -0.250. The molecule has 1 atom stereocenters. The van der Waals surface area contributed by atoms with Crippen molar-refractivity contribution in [2.45, 2.75) is 51.6 Å². The van der Waals surface area contributed by atoms with E-state index in [0.29, 0.717) is 6.61 Å². The number of aliphatic hydroxyl groups excluding tert-OH is 2. The monoisotopic (exact) mass is 302 g/mol. The van der Waals surface area contributed by atoms with Gasteiger partial charge in [-0.05, 0) is 6.42 Å². The van der Waals surface area contributed by atoms with Crippen LogP contribution in [0.4, 0.5) is 0 Å².